The molecule has 0 spiro atoms. The summed E-state index contributed by atoms with van der Waals surface area (Å²) in [7, 11) is 0. The zero-order chi connectivity index (χ0) is 11.8. The molecule has 3 aromatic rings. The van der Waals surface area contributed by atoms with E-state index in [1.807, 2.05) is 37.9 Å². The lowest BCUT2D eigenvalue weighted by Gasteiger charge is -2.13. The van der Waals surface area contributed by atoms with Crippen molar-refractivity contribution in [2.45, 2.75) is 13.1 Å². The molecule has 0 aliphatic rings. The van der Waals surface area contributed by atoms with Crippen molar-refractivity contribution in [1.82, 2.24) is 9.55 Å². The van der Waals surface area contributed by atoms with Crippen molar-refractivity contribution in [1.29, 1.82) is 0 Å². The molecule has 2 N–H and O–H groups in total. The van der Waals surface area contributed by atoms with E-state index in [9.17, 15) is 0 Å². The van der Waals surface area contributed by atoms with Gasteiger partial charge >= 0.3 is 0 Å². The van der Waals surface area contributed by atoms with Crippen LogP contribution in [0.2, 0.25) is 0 Å². The summed E-state index contributed by atoms with van der Waals surface area (Å²) in [6.07, 6.45) is 5.72. The lowest BCUT2D eigenvalue weighted by Crippen LogP contribution is -2.16. The van der Waals surface area contributed by atoms with E-state index < -0.39 is 0 Å². The molecule has 3 nitrogen and oxygen atoms in total. The van der Waals surface area contributed by atoms with Crippen molar-refractivity contribution in [2.24, 2.45) is 5.73 Å². The van der Waals surface area contributed by atoms with E-state index in [1.165, 1.54) is 5.39 Å². The molecule has 0 bridgehead atoms. The van der Waals surface area contributed by atoms with Crippen LogP contribution in [-0.4, -0.2) is 9.55 Å². The lowest BCUT2D eigenvalue weighted by atomic mass is 10.1. The number of fused-ring (bicyclic) bond motifs is 3. The Kier molecular flexibility index (Phi) is 3.55. The maximum Gasteiger partial charge on any atom is 0.0844 e. The van der Waals surface area contributed by atoms with Gasteiger partial charge in [0.15, 0.2) is 0 Å². The van der Waals surface area contributed by atoms with Crippen molar-refractivity contribution in [3.63, 3.8) is 0 Å². The van der Waals surface area contributed by atoms with Gasteiger partial charge in [0.1, 0.15) is 0 Å². The summed E-state index contributed by atoms with van der Waals surface area (Å²) in [5.74, 6) is 0. The molecule has 18 heavy (non-hydrogen) atoms. The van der Waals surface area contributed by atoms with Gasteiger partial charge in [-0.25, -0.2) is 0 Å². The normalized spacial score (nSPS) is 12.6. The molecule has 0 unspecified atom stereocenters. The molecule has 2 heterocycles. The predicted molar refractivity (Wildman–Crippen MR) is 77.7 cm³/mol. The fourth-order valence-corrected chi connectivity index (χ4v) is 2.22. The van der Waals surface area contributed by atoms with Gasteiger partial charge in [-0.15, -0.1) is 12.4 Å². The molecule has 2 aromatic heterocycles. The Labute approximate surface area is 112 Å². The third kappa shape index (κ3) is 1.85. The SMILES string of the molecule is C[CH][C@@H](N)n1ccc2ccc3ncccc3c21.Cl. The molecule has 1 radical (unpaired) electrons. The van der Waals surface area contributed by atoms with Gasteiger partial charge < -0.3 is 10.3 Å². The fourth-order valence-electron chi connectivity index (χ4n) is 2.22. The lowest BCUT2D eigenvalue weighted by molar-refractivity contribution is 0.614. The van der Waals surface area contributed by atoms with Gasteiger partial charge in [-0.1, -0.05) is 13.0 Å². The Morgan fingerprint density at radius 1 is 1.28 bits per heavy atom. The molecular weight excluding hydrogens is 246 g/mol. The van der Waals surface area contributed by atoms with E-state index in [0.29, 0.717) is 0 Å². The van der Waals surface area contributed by atoms with Crippen LogP contribution in [0.5, 0.6) is 0 Å². The minimum Gasteiger partial charge on any atom is -0.331 e. The van der Waals surface area contributed by atoms with E-state index in [-0.39, 0.29) is 18.6 Å². The molecule has 0 saturated heterocycles. The summed E-state index contributed by atoms with van der Waals surface area (Å²) in [4.78, 5) is 4.37. The Bertz CT molecular complexity index is 675. The van der Waals surface area contributed by atoms with Crippen LogP contribution in [0.25, 0.3) is 21.8 Å². The van der Waals surface area contributed by atoms with E-state index in [0.717, 1.165) is 16.4 Å². The molecule has 4 heteroatoms. The number of halogens is 1. The highest BCUT2D eigenvalue weighted by Crippen LogP contribution is 2.26. The average Bonchev–Trinajstić information content (AvgIpc) is 2.82. The highest BCUT2D eigenvalue weighted by molar-refractivity contribution is 6.04. The van der Waals surface area contributed by atoms with Gasteiger partial charge in [-0.05, 0) is 30.7 Å². The topological polar surface area (TPSA) is 43.8 Å². The Morgan fingerprint density at radius 2 is 2.11 bits per heavy atom. The maximum atomic E-state index is 6.08. The minimum absolute atomic E-state index is 0. The molecule has 0 amide bonds. The number of benzene rings is 1. The van der Waals surface area contributed by atoms with Gasteiger partial charge in [-0.3, -0.25) is 4.98 Å². The molecule has 3 rings (SSSR count). The summed E-state index contributed by atoms with van der Waals surface area (Å²) >= 11 is 0. The summed E-state index contributed by atoms with van der Waals surface area (Å²) in [6.45, 7) is 1.97. The van der Waals surface area contributed by atoms with Gasteiger partial charge in [0.25, 0.3) is 0 Å². The Balaban J connectivity index is 0.00000120. The van der Waals surface area contributed by atoms with Crippen molar-refractivity contribution in [3.8, 4) is 0 Å². The van der Waals surface area contributed by atoms with Crippen molar-refractivity contribution >= 4 is 34.2 Å². The molecule has 0 aliphatic heterocycles. The van der Waals surface area contributed by atoms with Crippen LogP contribution < -0.4 is 5.73 Å². The van der Waals surface area contributed by atoms with Crippen LogP contribution >= 0.6 is 12.4 Å². The highest BCUT2D eigenvalue weighted by atomic mass is 35.5. The first-order chi connectivity index (χ1) is 8.31. The van der Waals surface area contributed by atoms with Crippen LogP contribution in [0.4, 0.5) is 0 Å². The third-order valence-corrected chi connectivity index (χ3v) is 3.12. The number of pyridine rings is 1. The Morgan fingerprint density at radius 3 is 2.89 bits per heavy atom. The molecule has 93 valence electrons. The van der Waals surface area contributed by atoms with E-state index in [1.54, 1.807) is 0 Å². The standard InChI is InChI=1S/C14H14N3.ClH/c1-2-13(15)17-9-7-10-5-6-12-11(14(10)17)4-3-8-16-12;/h2-9,13H,15H2,1H3;1H/t13-;/m0./s1. The highest BCUT2D eigenvalue weighted by Gasteiger charge is 2.09. The number of nitrogens with zero attached hydrogens (tertiary/aromatic N) is 2. The molecule has 0 aliphatic carbocycles. The van der Waals surface area contributed by atoms with Gasteiger partial charge in [-0.2, -0.15) is 0 Å². The second kappa shape index (κ2) is 4.96. The van der Waals surface area contributed by atoms with Crippen molar-refractivity contribution in [2.75, 3.05) is 0 Å². The van der Waals surface area contributed by atoms with Crippen molar-refractivity contribution in [3.05, 3.63) is 49.1 Å². The number of hydrogen-bond acceptors (Lipinski definition) is 2. The molecule has 1 aromatic carbocycles. The first-order valence-electron chi connectivity index (χ1n) is 5.70. The second-order valence-corrected chi connectivity index (χ2v) is 4.12. The number of nitrogens with two attached hydrogens (primary N) is 1. The van der Waals surface area contributed by atoms with Crippen LogP contribution in [0.1, 0.15) is 13.1 Å². The van der Waals surface area contributed by atoms with Crippen LogP contribution in [-0.2, 0) is 0 Å². The predicted octanol–water partition coefficient (Wildman–Crippen LogP) is 3.29. The molecule has 0 fully saturated rings. The van der Waals surface area contributed by atoms with Crippen LogP contribution in [0.15, 0.2) is 42.7 Å². The smallest absolute Gasteiger partial charge is 0.0844 e. The first kappa shape index (κ1) is 12.9. The molecular formula is C14H15ClN3. The largest absolute Gasteiger partial charge is 0.331 e. The van der Waals surface area contributed by atoms with Gasteiger partial charge in [0.05, 0.1) is 17.2 Å². The summed E-state index contributed by atoms with van der Waals surface area (Å²) in [6, 6.07) is 10.3. The van der Waals surface area contributed by atoms with E-state index in [4.69, 9.17) is 5.73 Å². The van der Waals surface area contributed by atoms with E-state index in [2.05, 4.69) is 27.8 Å². The van der Waals surface area contributed by atoms with Crippen molar-refractivity contribution < 1.29 is 0 Å². The van der Waals surface area contributed by atoms with Crippen LogP contribution in [0.3, 0.4) is 0 Å². The first-order valence-corrected chi connectivity index (χ1v) is 5.70. The van der Waals surface area contributed by atoms with E-state index >= 15 is 0 Å². The zero-order valence-corrected chi connectivity index (χ0v) is 10.9. The number of rotatable bonds is 2. The minimum atomic E-state index is -0.0988. The number of aromatic nitrogens is 2. The fraction of sp³-hybridized carbons (Fsp3) is 0.143. The molecule has 1 atom stereocenters. The summed E-state index contributed by atoms with van der Waals surface area (Å²) in [5, 5.41) is 2.34. The maximum absolute atomic E-state index is 6.08. The summed E-state index contributed by atoms with van der Waals surface area (Å²) in [5.41, 5.74) is 8.24. The summed E-state index contributed by atoms with van der Waals surface area (Å²) < 4.78 is 2.08. The quantitative estimate of drug-likeness (QED) is 0.768. The second-order valence-electron chi connectivity index (χ2n) is 4.12. The molecule has 0 saturated carbocycles. The Hall–Kier alpha value is -1.58. The zero-order valence-electron chi connectivity index (χ0n) is 10.1. The van der Waals surface area contributed by atoms with Gasteiger partial charge in [0.2, 0.25) is 0 Å². The monoisotopic (exact) mass is 260 g/mol. The van der Waals surface area contributed by atoms with Crippen LogP contribution in [0, 0.1) is 6.42 Å². The third-order valence-electron chi connectivity index (χ3n) is 3.12. The van der Waals surface area contributed by atoms with Gasteiger partial charge in [0, 0.05) is 23.2 Å². The number of hydrogen-bond donors (Lipinski definition) is 1. The average molecular weight is 261 g/mol.